The number of hydrogen-bond donors (Lipinski definition) is 1. The molecule has 2 aromatic carbocycles. The van der Waals surface area contributed by atoms with Crippen LogP contribution in [0.5, 0.6) is 0 Å². The Hall–Kier alpha value is -3.61. The van der Waals surface area contributed by atoms with Crippen molar-refractivity contribution in [1.29, 1.82) is 0 Å². The van der Waals surface area contributed by atoms with Gasteiger partial charge in [-0.05, 0) is 67.8 Å². The summed E-state index contributed by atoms with van der Waals surface area (Å²) in [4.78, 5) is 32.0. The molecule has 0 atom stereocenters. The molecule has 33 heavy (non-hydrogen) atoms. The number of rotatable bonds is 5. The molecule has 2 heterocycles. The molecule has 1 saturated heterocycles. The van der Waals surface area contributed by atoms with Crippen LogP contribution in [-0.4, -0.2) is 34.8 Å². The number of amides is 2. The Morgan fingerprint density at radius 3 is 2.42 bits per heavy atom. The smallest absolute Gasteiger partial charge is 0.253 e. The highest BCUT2D eigenvalue weighted by Gasteiger charge is 2.28. The Morgan fingerprint density at radius 1 is 1.00 bits per heavy atom. The molecule has 0 saturated carbocycles. The summed E-state index contributed by atoms with van der Waals surface area (Å²) in [5, 5.41) is 2.89. The number of halogens is 2. The molecule has 1 aromatic heterocycles. The van der Waals surface area contributed by atoms with Gasteiger partial charge in [0.25, 0.3) is 11.8 Å². The second kappa shape index (κ2) is 9.90. The van der Waals surface area contributed by atoms with E-state index in [4.69, 9.17) is 0 Å². The summed E-state index contributed by atoms with van der Waals surface area (Å²) < 4.78 is 26.6. The first kappa shape index (κ1) is 22.6. The van der Waals surface area contributed by atoms with Crippen LogP contribution in [-0.2, 0) is 6.54 Å². The van der Waals surface area contributed by atoms with Gasteiger partial charge in [0.15, 0.2) is 0 Å². The SMILES string of the molecule is Cc1ccc(C(=O)NCc2ccc(F)cc2)c(C2CCN(C(=O)c3cccc(F)c3)CC2)n1. The summed E-state index contributed by atoms with van der Waals surface area (Å²) in [6.45, 7) is 3.18. The van der Waals surface area contributed by atoms with E-state index in [-0.39, 0.29) is 30.1 Å². The summed E-state index contributed by atoms with van der Waals surface area (Å²) in [7, 11) is 0. The first-order valence-corrected chi connectivity index (χ1v) is 11.0. The van der Waals surface area contributed by atoms with Gasteiger partial charge in [0, 0.05) is 36.8 Å². The highest BCUT2D eigenvalue weighted by molar-refractivity contribution is 5.95. The van der Waals surface area contributed by atoms with Gasteiger partial charge in [0.05, 0.1) is 11.3 Å². The van der Waals surface area contributed by atoms with E-state index in [1.165, 1.54) is 30.3 Å². The molecule has 5 nitrogen and oxygen atoms in total. The number of aryl methyl sites for hydroxylation is 1. The number of carbonyl (C=O) groups excluding carboxylic acids is 2. The first-order valence-electron chi connectivity index (χ1n) is 11.0. The van der Waals surface area contributed by atoms with Crippen LogP contribution in [0.1, 0.15) is 56.4 Å². The molecule has 1 aliphatic rings. The number of nitrogens with one attached hydrogen (secondary N) is 1. The molecule has 7 heteroatoms. The molecule has 0 bridgehead atoms. The van der Waals surface area contributed by atoms with Crippen LogP contribution in [0.4, 0.5) is 8.78 Å². The highest BCUT2D eigenvalue weighted by Crippen LogP contribution is 2.30. The van der Waals surface area contributed by atoms with E-state index in [1.54, 1.807) is 35.2 Å². The van der Waals surface area contributed by atoms with Crippen molar-refractivity contribution in [3.05, 3.63) is 100 Å². The van der Waals surface area contributed by atoms with Gasteiger partial charge in [-0.3, -0.25) is 14.6 Å². The molecular formula is C26H25F2N3O2. The largest absolute Gasteiger partial charge is 0.348 e. The predicted molar refractivity (Wildman–Crippen MR) is 121 cm³/mol. The maximum absolute atomic E-state index is 13.5. The molecule has 1 N–H and O–H groups in total. The standard InChI is InChI=1S/C26H25F2N3O2/c1-17-5-10-23(25(32)29-16-18-6-8-21(27)9-7-18)24(30-17)19-11-13-31(14-12-19)26(33)20-3-2-4-22(28)15-20/h2-10,15,19H,11-14,16H2,1H3,(H,29,32). The lowest BCUT2D eigenvalue weighted by atomic mass is 9.89. The molecule has 2 amide bonds. The van der Waals surface area contributed by atoms with Crippen molar-refractivity contribution < 1.29 is 18.4 Å². The lowest BCUT2D eigenvalue weighted by molar-refractivity contribution is 0.0710. The lowest BCUT2D eigenvalue weighted by Crippen LogP contribution is -2.38. The van der Waals surface area contributed by atoms with Gasteiger partial charge in [-0.15, -0.1) is 0 Å². The van der Waals surface area contributed by atoms with Crippen molar-refractivity contribution in [1.82, 2.24) is 15.2 Å². The summed E-state index contributed by atoms with van der Waals surface area (Å²) in [6, 6.07) is 15.3. The number of benzene rings is 2. The number of carbonyl (C=O) groups is 2. The maximum Gasteiger partial charge on any atom is 0.253 e. The van der Waals surface area contributed by atoms with E-state index < -0.39 is 5.82 Å². The zero-order chi connectivity index (χ0) is 23.4. The van der Waals surface area contributed by atoms with Crippen molar-refractivity contribution in [2.24, 2.45) is 0 Å². The molecule has 0 aliphatic carbocycles. The molecule has 0 spiro atoms. The minimum absolute atomic E-state index is 0.0352. The van der Waals surface area contributed by atoms with Crippen molar-refractivity contribution in [3.63, 3.8) is 0 Å². The minimum Gasteiger partial charge on any atom is -0.348 e. The minimum atomic E-state index is -0.434. The van der Waals surface area contributed by atoms with Crippen molar-refractivity contribution in [3.8, 4) is 0 Å². The van der Waals surface area contributed by atoms with Crippen LogP contribution in [0.2, 0.25) is 0 Å². The Morgan fingerprint density at radius 2 is 1.73 bits per heavy atom. The van der Waals surface area contributed by atoms with Gasteiger partial charge in [-0.1, -0.05) is 18.2 Å². The van der Waals surface area contributed by atoms with Crippen LogP contribution in [0.25, 0.3) is 0 Å². The fraction of sp³-hybridized carbons (Fsp3) is 0.269. The summed E-state index contributed by atoms with van der Waals surface area (Å²) in [5.41, 5.74) is 3.19. The molecule has 3 aromatic rings. The zero-order valence-corrected chi connectivity index (χ0v) is 18.4. The van der Waals surface area contributed by atoms with Gasteiger partial charge in [0.1, 0.15) is 11.6 Å². The van der Waals surface area contributed by atoms with Crippen molar-refractivity contribution >= 4 is 11.8 Å². The van der Waals surface area contributed by atoms with E-state index in [1.807, 2.05) is 6.92 Å². The third kappa shape index (κ3) is 5.42. The average Bonchev–Trinajstić information content (AvgIpc) is 2.83. The van der Waals surface area contributed by atoms with Gasteiger partial charge >= 0.3 is 0 Å². The number of aromatic nitrogens is 1. The second-order valence-corrected chi connectivity index (χ2v) is 8.27. The molecule has 170 valence electrons. The van der Waals surface area contributed by atoms with Gasteiger partial charge in [-0.2, -0.15) is 0 Å². The fourth-order valence-corrected chi connectivity index (χ4v) is 4.12. The van der Waals surface area contributed by atoms with Crippen molar-refractivity contribution in [2.45, 2.75) is 32.2 Å². The number of pyridine rings is 1. The normalized spacial score (nSPS) is 14.2. The van der Waals surface area contributed by atoms with Gasteiger partial charge < -0.3 is 10.2 Å². The molecule has 0 unspecified atom stereocenters. The second-order valence-electron chi connectivity index (χ2n) is 8.27. The third-order valence-electron chi connectivity index (χ3n) is 5.92. The summed E-state index contributed by atoms with van der Waals surface area (Å²) in [5.74, 6) is -1.15. The number of piperidine rings is 1. The highest BCUT2D eigenvalue weighted by atomic mass is 19.1. The van der Waals surface area contributed by atoms with Crippen LogP contribution >= 0.6 is 0 Å². The Labute approximate surface area is 191 Å². The van der Waals surface area contributed by atoms with E-state index in [2.05, 4.69) is 10.3 Å². The van der Waals surface area contributed by atoms with E-state index in [0.29, 0.717) is 37.1 Å². The summed E-state index contributed by atoms with van der Waals surface area (Å²) in [6.07, 6.45) is 1.32. The topological polar surface area (TPSA) is 62.3 Å². The molecule has 4 rings (SSSR count). The molecule has 1 fully saturated rings. The molecule has 0 radical (unpaired) electrons. The molecular weight excluding hydrogens is 424 g/mol. The Balaban J connectivity index is 1.44. The van der Waals surface area contributed by atoms with Crippen LogP contribution in [0, 0.1) is 18.6 Å². The van der Waals surface area contributed by atoms with Crippen LogP contribution in [0.15, 0.2) is 60.7 Å². The number of nitrogens with zero attached hydrogens (tertiary/aromatic N) is 2. The van der Waals surface area contributed by atoms with Crippen LogP contribution in [0.3, 0.4) is 0 Å². The maximum atomic E-state index is 13.5. The average molecular weight is 450 g/mol. The third-order valence-corrected chi connectivity index (χ3v) is 5.92. The van der Waals surface area contributed by atoms with E-state index in [9.17, 15) is 18.4 Å². The fourth-order valence-electron chi connectivity index (χ4n) is 4.12. The van der Waals surface area contributed by atoms with E-state index in [0.717, 1.165) is 17.0 Å². The van der Waals surface area contributed by atoms with Crippen LogP contribution < -0.4 is 5.32 Å². The van der Waals surface area contributed by atoms with E-state index >= 15 is 0 Å². The lowest BCUT2D eigenvalue weighted by Gasteiger charge is -2.32. The first-order chi connectivity index (χ1) is 15.9. The number of likely N-dealkylation sites (tertiary alicyclic amines) is 1. The number of hydrogen-bond acceptors (Lipinski definition) is 3. The Kier molecular flexibility index (Phi) is 6.77. The Bertz CT molecular complexity index is 1160. The van der Waals surface area contributed by atoms with Gasteiger partial charge in [-0.25, -0.2) is 8.78 Å². The van der Waals surface area contributed by atoms with Gasteiger partial charge in [0.2, 0.25) is 0 Å². The molecule has 1 aliphatic heterocycles. The summed E-state index contributed by atoms with van der Waals surface area (Å²) >= 11 is 0. The predicted octanol–water partition coefficient (Wildman–Crippen LogP) is 4.62. The monoisotopic (exact) mass is 449 g/mol. The van der Waals surface area contributed by atoms with Crippen molar-refractivity contribution in [2.75, 3.05) is 13.1 Å². The zero-order valence-electron chi connectivity index (χ0n) is 18.4. The quantitative estimate of drug-likeness (QED) is 0.618.